The topological polar surface area (TPSA) is 86.4 Å². The number of carbonyl (C=O) groups is 2. The summed E-state index contributed by atoms with van der Waals surface area (Å²) in [5.41, 5.74) is -0.243. The number of nitrogens with zero attached hydrogens (tertiary/aromatic N) is 3. The second-order valence-electron chi connectivity index (χ2n) is 11.8. The number of benzene rings is 3. The second-order valence-corrected chi connectivity index (χ2v) is 12.2. The summed E-state index contributed by atoms with van der Waals surface area (Å²) >= 11 is 5.61. The summed E-state index contributed by atoms with van der Waals surface area (Å²) in [6.45, 7) is 1.28. The highest BCUT2D eigenvalue weighted by Gasteiger charge is 2.49. The van der Waals surface area contributed by atoms with E-state index in [1.54, 1.807) is 23.1 Å². The molecule has 250 valence electrons. The number of alkyl halides is 3. The molecule has 0 aromatic heterocycles. The molecule has 2 fully saturated rings. The molecule has 2 heterocycles. The normalized spacial score (nSPS) is 18.0. The number of anilines is 1. The van der Waals surface area contributed by atoms with E-state index in [1.807, 2.05) is 37.4 Å². The molecule has 2 aliphatic heterocycles. The molecule has 0 saturated carbocycles. The molecule has 1 atom stereocenters. The standard InChI is InChI=1S/C34H38F3N5O4S/c1-40-17-15-33(16-18-40,31(44)38-27-14-13-26(45-2)19-29(27)46-3)42(20-23-9-11-25(12-10-23)34(35,36)37)30(43)22-41-21-28(39-32(41)47)24-7-5-4-6-8-24/h4-14,19,28H,15-18,20-22H2,1-3H3,(H,38,44)(H,39,47)/t28-/m0/s1. The zero-order valence-corrected chi connectivity index (χ0v) is 27.3. The highest BCUT2D eigenvalue weighted by molar-refractivity contribution is 7.80. The van der Waals surface area contributed by atoms with Crippen molar-refractivity contribution in [1.29, 1.82) is 0 Å². The van der Waals surface area contributed by atoms with Crippen LogP contribution in [0.4, 0.5) is 18.9 Å². The molecule has 2 saturated heterocycles. The Hall–Kier alpha value is -4.36. The number of rotatable bonds is 10. The van der Waals surface area contributed by atoms with E-state index in [0.29, 0.717) is 60.3 Å². The van der Waals surface area contributed by atoms with Gasteiger partial charge in [0.15, 0.2) is 5.11 Å². The Kier molecular flexibility index (Phi) is 10.3. The fraction of sp³-hybridized carbons (Fsp3) is 0.382. The zero-order chi connectivity index (χ0) is 33.8. The minimum Gasteiger partial charge on any atom is -0.497 e. The van der Waals surface area contributed by atoms with E-state index in [9.17, 15) is 22.8 Å². The maximum Gasteiger partial charge on any atom is 0.416 e. The molecule has 9 nitrogen and oxygen atoms in total. The molecule has 0 unspecified atom stereocenters. The van der Waals surface area contributed by atoms with Crippen LogP contribution < -0.4 is 20.1 Å². The number of likely N-dealkylation sites (tertiary alicyclic amines) is 1. The van der Waals surface area contributed by atoms with Gasteiger partial charge in [-0.3, -0.25) is 9.59 Å². The summed E-state index contributed by atoms with van der Waals surface area (Å²) in [5.74, 6) is 0.126. The van der Waals surface area contributed by atoms with Crippen LogP contribution in [0.15, 0.2) is 72.8 Å². The first-order valence-corrected chi connectivity index (χ1v) is 15.6. The number of hydrogen-bond acceptors (Lipinski definition) is 6. The lowest BCUT2D eigenvalue weighted by atomic mass is 9.83. The zero-order valence-electron chi connectivity index (χ0n) is 26.5. The van der Waals surface area contributed by atoms with Gasteiger partial charge in [0.25, 0.3) is 5.91 Å². The summed E-state index contributed by atoms with van der Waals surface area (Å²) in [7, 11) is 4.94. The maximum absolute atomic E-state index is 14.5. The molecule has 3 aromatic rings. The summed E-state index contributed by atoms with van der Waals surface area (Å²) in [4.78, 5) is 34.3. The number of amides is 2. The highest BCUT2D eigenvalue weighted by atomic mass is 32.1. The van der Waals surface area contributed by atoms with Crippen LogP contribution in [0.3, 0.4) is 0 Å². The lowest BCUT2D eigenvalue weighted by Gasteiger charge is -2.47. The van der Waals surface area contributed by atoms with Gasteiger partial charge in [-0.05, 0) is 67.5 Å². The molecular weight excluding hydrogens is 631 g/mol. The fourth-order valence-corrected chi connectivity index (χ4v) is 6.34. The third-order valence-corrected chi connectivity index (χ3v) is 9.23. The van der Waals surface area contributed by atoms with Crippen LogP contribution in [0, 0.1) is 0 Å². The molecule has 0 radical (unpaired) electrons. The lowest BCUT2D eigenvalue weighted by molar-refractivity contribution is -0.150. The van der Waals surface area contributed by atoms with Crippen LogP contribution in [0.5, 0.6) is 11.5 Å². The Bertz CT molecular complexity index is 1580. The Labute approximate surface area is 277 Å². The number of methoxy groups -OCH3 is 2. The van der Waals surface area contributed by atoms with Crippen molar-refractivity contribution >= 4 is 34.8 Å². The van der Waals surface area contributed by atoms with E-state index in [-0.39, 0.29) is 25.0 Å². The van der Waals surface area contributed by atoms with Crippen molar-refractivity contribution in [3.05, 3.63) is 89.5 Å². The quantitative estimate of drug-likeness (QED) is 0.289. The average Bonchev–Trinajstić information content (AvgIpc) is 3.44. The van der Waals surface area contributed by atoms with Crippen LogP contribution >= 0.6 is 12.2 Å². The first-order valence-electron chi connectivity index (χ1n) is 15.2. The smallest absolute Gasteiger partial charge is 0.416 e. The van der Waals surface area contributed by atoms with E-state index in [1.165, 1.54) is 31.3 Å². The molecule has 5 rings (SSSR count). The molecule has 0 spiro atoms. The Morgan fingerprint density at radius 1 is 1.02 bits per heavy atom. The monoisotopic (exact) mass is 669 g/mol. The molecule has 0 aliphatic carbocycles. The minimum atomic E-state index is -4.51. The van der Waals surface area contributed by atoms with Crippen LogP contribution in [-0.2, 0) is 22.3 Å². The number of thiocarbonyl (C=S) groups is 1. The Morgan fingerprint density at radius 2 is 1.70 bits per heavy atom. The number of hydrogen-bond donors (Lipinski definition) is 2. The molecule has 13 heteroatoms. The van der Waals surface area contributed by atoms with Gasteiger partial charge in [-0.2, -0.15) is 13.2 Å². The number of piperidine rings is 1. The van der Waals surface area contributed by atoms with Crippen LogP contribution in [0.25, 0.3) is 0 Å². The van der Waals surface area contributed by atoms with Crippen molar-refractivity contribution in [3.8, 4) is 11.5 Å². The number of carbonyl (C=O) groups excluding carboxylic acids is 2. The van der Waals surface area contributed by atoms with Crippen molar-refractivity contribution in [2.45, 2.75) is 37.1 Å². The van der Waals surface area contributed by atoms with Crippen LogP contribution in [0.2, 0.25) is 0 Å². The number of ether oxygens (including phenoxy) is 2. The highest BCUT2D eigenvalue weighted by Crippen LogP contribution is 2.36. The van der Waals surface area contributed by atoms with Crippen molar-refractivity contribution < 1.29 is 32.2 Å². The first kappa shape index (κ1) is 34.0. The molecule has 2 amide bonds. The molecule has 3 aromatic carbocycles. The lowest BCUT2D eigenvalue weighted by Crippen LogP contribution is -2.64. The third-order valence-electron chi connectivity index (χ3n) is 8.85. The van der Waals surface area contributed by atoms with Gasteiger partial charge in [-0.15, -0.1) is 0 Å². The maximum atomic E-state index is 14.5. The van der Waals surface area contributed by atoms with E-state index in [2.05, 4.69) is 15.5 Å². The first-order chi connectivity index (χ1) is 22.4. The molecule has 0 bridgehead atoms. The summed E-state index contributed by atoms with van der Waals surface area (Å²) in [6.07, 6.45) is -3.90. The van der Waals surface area contributed by atoms with Gasteiger partial charge in [-0.25, -0.2) is 0 Å². The van der Waals surface area contributed by atoms with E-state index < -0.39 is 23.2 Å². The molecule has 2 aliphatic rings. The number of halogens is 3. The summed E-state index contributed by atoms with van der Waals surface area (Å²) in [6, 6.07) is 19.3. The van der Waals surface area contributed by atoms with Crippen molar-refractivity contribution in [2.24, 2.45) is 0 Å². The third kappa shape index (κ3) is 7.62. The number of nitrogens with one attached hydrogen (secondary N) is 2. The Balaban J connectivity index is 1.49. The summed E-state index contributed by atoms with van der Waals surface area (Å²) in [5, 5.41) is 6.67. The SMILES string of the molecule is COc1ccc(NC(=O)C2(N(Cc3ccc(C(F)(F)F)cc3)C(=O)CN3C[C@@H](c4ccccc4)NC3=S)CCN(C)CC2)c(OC)c1. The minimum absolute atomic E-state index is 0.0794. The summed E-state index contributed by atoms with van der Waals surface area (Å²) < 4.78 is 50.9. The van der Waals surface area contributed by atoms with Crippen molar-refractivity contribution in [2.75, 3.05) is 52.8 Å². The van der Waals surface area contributed by atoms with Gasteiger partial charge < -0.3 is 34.8 Å². The molecule has 2 N–H and O–H groups in total. The van der Waals surface area contributed by atoms with Gasteiger partial charge >= 0.3 is 6.18 Å². The largest absolute Gasteiger partial charge is 0.497 e. The van der Waals surface area contributed by atoms with Gasteiger partial charge in [0.2, 0.25) is 5.91 Å². The van der Waals surface area contributed by atoms with Gasteiger partial charge in [0.1, 0.15) is 17.0 Å². The Morgan fingerprint density at radius 3 is 2.32 bits per heavy atom. The van der Waals surface area contributed by atoms with Crippen LogP contribution in [0.1, 0.15) is 35.6 Å². The van der Waals surface area contributed by atoms with E-state index in [4.69, 9.17) is 21.7 Å². The predicted octanol–water partition coefficient (Wildman–Crippen LogP) is 5.09. The fourth-order valence-electron chi connectivity index (χ4n) is 6.06. The second kappa shape index (κ2) is 14.2. The van der Waals surface area contributed by atoms with E-state index in [0.717, 1.165) is 17.7 Å². The predicted molar refractivity (Wildman–Crippen MR) is 176 cm³/mol. The average molecular weight is 670 g/mol. The molecule has 47 heavy (non-hydrogen) atoms. The van der Waals surface area contributed by atoms with Crippen molar-refractivity contribution in [3.63, 3.8) is 0 Å². The van der Waals surface area contributed by atoms with Gasteiger partial charge in [0, 0.05) is 32.2 Å². The van der Waals surface area contributed by atoms with Gasteiger partial charge in [0.05, 0.1) is 38.1 Å². The van der Waals surface area contributed by atoms with E-state index >= 15 is 0 Å². The molecular formula is C34H38F3N5O4S. The van der Waals surface area contributed by atoms with Gasteiger partial charge in [-0.1, -0.05) is 42.5 Å². The van der Waals surface area contributed by atoms with Crippen molar-refractivity contribution in [1.82, 2.24) is 20.0 Å². The van der Waals surface area contributed by atoms with Crippen LogP contribution in [-0.4, -0.2) is 84.6 Å².